The number of carbonyl (C=O) groups excluding carboxylic acids is 2. The number of hydrogen-bond acceptors (Lipinski definition) is 10. The van der Waals surface area contributed by atoms with Crippen LogP contribution in [0.4, 0.5) is 17.6 Å². The fraction of sp³-hybridized carbons (Fsp3) is 0.400. The molecule has 0 saturated carbocycles. The summed E-state index contributed by atoms with van der Waals surface area (Å²) in [5.74, 6) is -1.23. The van der Waals surface area contributed by atoms with Gasteiger partial charge in [0.15, 0.2) is 26.8 Å². The number of carbonyl (C=O) groups is 2. The third kappa shape index (κ3) is 20.1. The first-order valence-electron chi connectivity index (χ1n) is 5.67. The van der Waals surface area contributed by atoms with Gasteiger partial charge in [-0.15, -0.1) is 0 Å². The minimum absolute atomic E-state index is 0. The Balaban J connectivity index is -0.000000105. The molecular formula is C10H11ClF4Na2O10S2. The predicted octanol–water partition coefficient (Wildman–Crippen LogP) is -6.08. The molecule has 0 radical (unpaired) electrons. The third-order valence-electron chi connectivity index (χ3n) is 1.63. The summed E-state index contributed by atoms with van der Waals surface area (Å²) in [6.45, 7) is 2.18. The molecule has 0 spiro atoms. The Morgan fingerprint density at radius 3 is 1.41 bits per heavy atom. The molecule has 1 N–H and O–H groups in total. The molecule has 0 heterocycles. The van der Waals surface area contributed by atoms with Crippen molar-refractivity contribution in [2.75, 3.05) is 13.2 Å². The number of hydrogen-bond donors (Lipinski definition) is 1. The van der Waals surface area contributed by atoms with Gasteiger partial charge in [0.2, 0.25) is 5.24 Å². The zero-order chi connectivity index (χ0) is 22.7. The van der Waals surface area contributed by atoms with Gasteiger partial charge >= 0.3 is 75.6 Å². The third-order valence-corrected chi connectivity index (χ3v) is 3.49. The van der Waals surface area contributed by atoms with Crippen molar-refractivity contribution in [2.45, 2.75) is 10.5 Å². The molecule has 160 valence electrons. The summed E-state index contributed by atoms with van der Waals surface area (Å²) in [5.41, 5.74) is 0. The zero-order valence-corrected chi connectivity index (χ0v) is 21.2. The van der Waals surface area contributed by atoms with Crippen molar-refractivity contribution in [1.82, 2.24) is 0 Å². The first kappa shape index (κ1) is 39.8. The number of esters is 1. The second-order valence-electron chi connectivity index (χ2n) is 3.66. The molecule has 0 saturated heterocycles. The van der Waals surface area contributed by atoms with Gasteiger partial charge in [-0.3, -0.25) is 4.79 Å². The van der Waals surface area contributed by atoms with Gasteiger partial charge in [-0.05, 0) is 17.7 Å². The minimum atomic E-state index is -5.80. The molecule has 0 amide bonds. The van der Waals surface area contributed by atoms with Crippen LogP contribution in [0.25, 0.3) is 0 Å². The van der Waals surface area contributed by atoms with Crippen LogP contribution >= 0.6 is 11.6 Å². The summed E-state index contributed by atoms with van der Waals surface area (Å²) in [7, 11) is -11.5. The van der Waals surface area contributed by atoms with E-state index in [1.165, 1.54) is 0 Å². The molecule has 0 aliphatic rings. The standard InChI is InChI=1S/C5H6F2O5S.C3H3ClO.C2H4F2O4S.2Na/c1-2-4(8)12-3-5(6,7)13(9,10)11;1-2-3(4)5;3-2(4,1-5)9(6,7)8;;/h2H,1,3H2,(H,9,10,11);2H,1H2;5H,1H2,(H,6,7,8);;/q;;;2*+1/p-2. The van der Waals surface area contributed by atoms with E-state index in [0.29, 0.717) is 6.08 Å². The molecule has 0 bridgehead atoms. The van der Waals surface area contributed by atoms with Gasteiger partial charge in [-0.25, -0.2) is 21.6 Å². The van der Waals surface area contributed by atoms with Gasteiger partial charge in [0, 0.05) is 6.08 Å². The Hall–Kier alpha value is 0.410. The van der Waals surface area contributed by atoms with Gasteiger partial charge in [-0.2, -0.15) is 17.6 Å². The van der Waals surface area contributed by atoms with Gasteiger partial charge < -0.3 is 18.9 Å². The second-order valence-corrected chi connectivity index (χ2v) is 7.04. The molecular weight excluding hydrogens is 502 g/mol. The molecule has 10 nitrogen and oxygen atoms in total. The van der Waals surface area contributed by atoms with E-state index < -0.39 is 55.2 Å². The molecule has 0 aromatic heterocycles. The van der Waals surface area contributed by atoms with E-state index in [1.807, 2.05) is 0 Å². The Bertz CT molecular complexity index is 744. The average molecular weight is 513 g/mol. The molecule has 0 rings (SSSR count). The summed E-state index contributed by atoms with van der Waals surface area (Å²) in [6.07, 6.45) is 1.61. The largest absolute Gasteiger partial charge is 1.00 e. The summed E-state index contributed by atoms with van der Waals surface area (Å²) in [5, 5.41) is -2.06. The minimum Gasteiger partial charge on any atom is -0.743 e. The number of rotatable bonds is 7. The number of ether oxygens (including phenoxy) is 1. The molecule has 0 aromatic carbocycles. The summed E-state index contributed by atoms with van der Waals surface area (Å²) in [6, 6.07) is 0. The fourth-order valence-corrected chi connectivity index (χ4v) is 0.727. The molecule has 19 heteroatoms. The van der Waals surface area contributed by atoms with Crippen LogP contribution in [-0.2, 0) is 34.6 Å². The topological polar surface area (TPSA) is 178 Å². The van der Waals surface area contributed by atoms with Gasteiger partial charge in [0.05, 0.1) is 0 Å². The molecule has 0 aliphatic carbocycles. The van der Waals surface area contributed by atoms with E-state index in [1.54, 1.807) is 0 Å². The Morgan fingerprint density at radius 2 is 1.28 bits per heavy atom. The van der Waals surface area contributed by atoms with Crippen LogP contribution in [0.15, 0.2) is 25.3 Å². The normalized spacial score (nSPS) is 10.9. The Labute approximate surface area is 212 Å². The predicted molar refractivity (Wildman–Crippen MR) is 78.6 cm³/mol. The van der Waals surface area contributed by atoms with Crippen molar-refractivity contribution in [3.63, 3.8) is 0 Å². The van der Waals surface area contributed by atoms with Crippen LogP contribution in [0, 0.1) is 0 Å². The first-order valence-corrected chi connectivity index (χ1v) is 8.87. The monoisotopic (exact) mass is 512 g/mol. The van der Waals surface area contributed by atoms with Crippen molar-refractivity contribution in [3.8, 4) is 0 Å². The smallest absolute Gasteiger partial charge is 0.743 e. The van der Waals surface area contributed by atoms with Crippen molar-refractivity contribution in [1.29, 1.82) is 0 Å². The van der Waals surface area contributed by atoms with Crippen LogP contribution < -0.4 is 59.1 Å². The van der Waals surface area contributed by atoms with Crippen LogP contribution in [0.2, 0.25) is 0 Å². The molecule has 0 unspecified atom stereocenters. The molecule has 0 aliphatic heterocycles. The summed E-state index contributed by atoms with van der Waals surface area (Å²) < 4.78 is 109. The molecule has 0 aromatic rings. The number of aliphatic hydroxyl groups excluding tert-OH is 1. The molecule has 0 atom stereocenters. The zero-order valence-electron chi connectivity index (χ0n) is 14.8. The van der Waals surface area contributed by atoms with Crippen LogP contribution in [0.5, 0.6) is 0 Å². The number of allylic oxidation sites excluding steroid dienone is 1. The number of aliphatic hydroxyl groups is 1. The summed E-state index contributed by atoms with van der Waals surface area (Å²) in [4.78, 5) is 19.7. The van der Waals surface area contributed by atoms with Crippen LogP contribution in [0.1, 0.15) is 0 Å². The van der Waals surface area contributed by atoms with E-state index in [-0.39, 0.29) is 59.1 Å². The van der Waals surface area contributed by atoms with E-state index >= 15 is 0 Å². The van der Waals surface area contributed by atoms with Crippen molar-refractivity contribution in [2.24, 2.45) is 0 Å². The van der Waals surface area contributed by atoms with E-state index in [2.05, 4.69) is 17.9 Å². The second kappa shape index (κ2) is 17.0. The van der Waals surface area contributed by atoms with Crippen molar-refractivity contribution in [3.05, 3.63) is 25.3 Å². The van der Waals surface area contributed by atoms with Crippen molar-refractivity contribution < 1.29 is 122 Å². The molecule has 29 heavy (non-hydrogen) atoms. The van der Waals surface area contributed by atoms with Crippen molar-refractivity contribution >= 4 is 43.0 Å². The SMILES string of the molecule is C=CC(=O)Cl.C=CC(=O)OCC(F)(F)S(=O)(=O)[O-].O=S(=O)([O-])C(F)(F)CO.[Na+].[Na+]. The Morgan fingerprint density at radius 1 is 0.966 bits per heavy atom. The van der Waals surface area contributed by atoms with Gasteiger partial charge in [0.1, 0.15) is 6.61 Å². The maximum absolute atomic E-state index is 12.2. The maximum Gasteiger partial charge on any atom is 1.00 e. The van der Waals surface area contributed by atoms with Crippen LogP contribution in [0.3, 0.4) is 0 Å². The first-order chi connectivity index (χ1) is 11.8. The maximum atomic E-state index is 12.2. The quantitative estimate of drug-likeness (QED) is 0.0861. The summed E-state index contributed by atoms with van der Waals surface area (Å²) >= 11 is 4.71. The van der Waals surface area contributed by atoms with Gasteiger partial charge in [-0.1, -0.05) is 13.2 Å². The van der Waals surface area contributed by atoms with Gasteiger partial charge in [0.25, 0.3) is 0 Å². The number of alkyl halides is 4. The van der Waals surface area contributed by atoms with E-state index in [0.717, 1.165) is 6.08 Å². The van der Waals surface area contributed by atoms with E-state index in [4.69, 9.17) is 16.7 Å². The Kier molecular flexibility index (Phi) is 23.4. The van der Waals surface area contributed by atoms with Crippen LogP contribution in [-0.4, -0.2) is 66.0 Å². The number of halogens is 5. The molecule has 0 fully saturated rings. The average Bonchev–Trinajstić information content (AvgIpc) is 2.51. The fourth-order valence-electron chi connectivity index (χ4n) is 0.365. The van der Waals surface area contributed by atoms with E-state index in [9.17, 15) is 53.1 Å².